The van der Waals surface area contributed by atoms with Gasteiger partial charge in [0, 0.05) is 36.2 Å². The Bertz CT molecular complexity index is 400. The molecule has 4 N–H and O–H groups in total. The van der Waals surface area contributed by atoms with Crippen LogP contribution in [0.4, 0.5) is 5.69 Å². The molecule has 0 aromatic heterocycles. The average molecular weight is 321 g/mol. The van der Waals surface area contributed by atoms with Crippen LogP contribution >= 0.6 is 27.5 Å². The number of hydrogen-bond acceptors (Lipinski definition) is 3. The van der Waals surface area contributed by atoms with Crippen molar-refractivity contribution in [3.05, 3.63) is 27.7 Å². The zero-order valence-electron chi connectivity index (χ0n) is 9.47. The van der Waals surface area contributed by atoms with Crippen molar-refractivity contribution in [3.63, 3.8) is 0 Å². The first-order chi connectivity index (χ1) is 8.06. The zero-order valence-corrected chi connectivity index (χ0v) is 11.8. The van der Waals surface area contributed by atoms with Crippen molar-refractivity contribution in [1.29, 1.82) is 0 Å². The van der Waals surface area contributed by atoms with E-state index in [9.17, 15) is 4.79 Å². The van der Waals surface area contributed by atoms with Crippen molar-refractivity contribution >= 4 is 39.1 Å². The van der Waals surface area contributed by atoms with E-state index in [0.717, 1.165) is 10.2 Å². The van der Waals surface area contributed by atoms with Crippen LogP contribution in [0, 0.1) is 0 Å². The molecule has 1 rings (SSSR count). The quantitative estimate of drug-likeness (QED) is 0.777. The van der Waals surface area contributed by atoms with Gasteiger partial charge in [0.25, 0.3) is 0 Å². The molecular weight excluding hydrogens is 305 g/mol. The van der Waals surface area contributed by atoms with Crippen molar-refractivity contribution in [2.45, 2.75) is 12.5 Å². The normalized spacial score (nSPS) is 12.0. The lowest BCUT2D eigenvalue weighted by molar-refractivity contribution is -0.120. The molecule has 0 aliphatic rings. The van der Waals surface area contributed by atoms with Crippen LogP contribution < -0.4 is 16.4 Å². The van der Waals surface area contributed by atoms with Crippen LogP contribution in [0.2, 0.25) is 5.02 Å². The standard InChI is InChI=1S/C11H15BrClN3O/c1-15-11(17)5-8(6-14)16-7-2-3-10(13)9(12)4-7/h2-4,8,16H,5-6,14H2,1H3,(H,15,17). The summed E-state index contributed by atoms with van der Waals surface area (Å²) in [4.78, 5) is 11.3. The van der Waals surface area contributed by atoms with Gasteiger partial charge in [-0.2, -0.15) is 0 Å². The summed E-state index contributed by atoms with van der Waals surface area (Å²) in [6.45, 7) is 0.383. The summed E-state index contributed by atoms with van der Waals surface area (Å²) in [6, 6.07) is 5.39. The van der Waals surface area contributed by atoms with Gasteiger partial charge in [-0.05, 0) is 34.1 Å². The molecule has 0 bridgehead atoms. The van der Waals surface area contributed by atoms with Gasteiger partial charge in [0.1, 0.15) is 0 Å². The van der Waals surface area contributed by atoms with Crippen LogP contribution in [0.25, 0.3) is 0 Å². The number of halogens is 2. The number of anilines is 1. The first-order valence-corrected chi connectivity index (χ1v) is 6.36. The third-order valence-corrected chi connectivity index (χ3v) is 3.50. The van der Waals surface area contributed by atoms with E-state index in [-0.39, 0.29) is 11.9 Å². The van der Waals surface area contributed by atoms with Crippen LogP contribution in [0.15, 0.2) is 22.7 Å². The maximum absolute atomic E-state index is 11.3. The van der Waals surface area contributed by atoms with Crippen LogP contribution in [-0.2, 0) is 4.79 Å². The molecular formula is C11H15BrClN3O. The Morgan fingerprint density at radius 1 is 1.59 bits per heavy atom. The average Bonchev–Trinajstić information content (AvgIpc) is 2.32. The van der Waals surface area contributed by atoms with Crippen molar-refractivity contribution in [2.24, 2.45) is 5.73 Å². The number of nitrogens with two attached hydrogens (primary N) is 1. The monoisotopic (exact) mass is 319 g/mol. The first kappa shape index (κ1) is 14.3. The lowest BCUT2D eigenvalue weighted by atomic mass is 10.2. The third kappa shape index (κ3) is 4.53. The first-order valence-electron chi connectivity index (χ1n) is 5.19. The summed E-state index contributed by atoms with van der Waals surface area (Å²) in [7, 11) is 1.61. The maximum Gasteiger partial charge on any atom is 0.221 e. The second-order valence-corrected chi connectivity index (χ2v) is 4.84. The number of hydrogen-bond donors (Lipinski definition) is 3. The van der Waals surface area contributed by atoms with Crippen molar-refractivity contribution in [3.8, 4) is 0 Å². The van der Waals surface area contributed by atoms with E-state index < -0.39 is 0 Å². The second kappa shape index (κ2) is 6.83. The SMILES string of the molecule is CNC(=O)CC(CN)Nc1ccc(Cl)c(Br)c1. The number of carbonyl (C=O) groups excluding carboxylic acids is 1. The molecule has 1 unspecified atom stereocenters. The summed E-state index contributed by atoms with van der Waals surface area (Å²) < 4.78 is 0.805. The Labute approximate surface area is 114 Å². The predicted octanol–water partition coefficient (Wildman–Crippen LogP) is 1.98. The van der Waals surface area contributed by atoms with Crippen molar-refractivity contribution in [1.82, 2.24) is 5.32 Å². The van der Waals surface area contributed by atoms with Gasteiger partial charge < -0.3 is 16.4 Å². The summed E-state index contributed by atoms with van der Waals surface area (Å²) in [5.74, 6) is -0.0408. The third-order valence-electron chi connectivity index (χ3n) is 2.29. The van der Waals surface area contributed by atoms with Gasteiger partial charge in [-0.1, -0.05) is 11.6 Å². The molecule has 4 nitrogen and oxygen atoms in total. The fourth-order valence-electron chi connectivity index (χ4n) is 1.34. The minimum absolute atomic E-state index is 0.0408. The van der Waals surface area contributed by atoms with E-state index in [1.807, 2.05) is 12.1 Å². The lowest BCUT2D eigenvalue weighted by Gasteiger charge is -2.17. The smallest absolute Gasteiger partial charge is 0.221 e. The highest BCUT2D eigenvalue weighted by atomic mass is 79.9. The largest absolute Gasteiger partial charge is 0.380 e. The predicted molar refractivity (Wildman–Crippen MR) is 74.3 cm³/mol. The maximum atomic E-state index is 11.3. The fraction of sp³-hybridized carbons (Fsp3) is 0.364. The van der Waals surface area contributed by atoms with Crippen LogP contribution in [-0.4, -0.2) is 25.5 Å². The van der Waals surface area contributed by atoms with Gasteiger partial charge in [0.05, 0.1) is 5.02 Å². The Balaban J connectivity index is 2.67. The van der Waals surface area contributed by atoms with E-state index >= 15 is 0 Å². The van der Waals surface area contributed by atoms with Gasteiger partial charge in [-0.3, -0.25) is 4.79 Å². The number of rotatable bonds is 5. The molecule has 1 amide bonds. The Morgan fingerprint density at radius 3 is 2.82 bits per heavy atom. The van der Waals surface area contributed by atoms with Gasteiger partial charge in [-0.25, -0.2) is 0 Å². The zero-order chi connectivity index (χ0) is 12.8. The Morgan fingerprint density at radius 2 is 2.29 bits per heavy atom. The molecule has 0 spiro atoms. The molecule has 0 radical (unpaired) electrons. The number of nitrogens with one attached hydrogen (secondary N) is 2. The van der Waals surface area contributed by atoms with E-state index in [1.54, 1.807) is 13.1 Å². The molecule has 0 fully saturated rings. The fourth-order valence-corrected chi connectivity index (χ4v) is 1.84. The highest BCUT2D eigenvalue weighted by Crippen LogP contribution is 2.25. The summed E-state index contributed by atoms with van der Waals surface area (Å²) in [6.07, 6.45) is 0.341. The minimum atomic E-state index is -0.0944. The summed E-state index contributed by atoms with van der Waals surface area (Å²) >= 11 is 9.23. The van der Waals surface area contributed by atoms with Gasteiger partial charge in [0.15, 0.2) is 0 Å². The lowest BCUT2D eigenvalue weighted by Crippen LogP contribution is -2.34. The van der Waals surface area contributed by atoms with Crippen LogP contribution in [0.3, 0.4) is 0 Å². The summed E-state index contributed by atoms with van der Waals surface area (Å²) in [5, 5.41) is 6.40. The van der Waals surface area contributed by atoms with E-state index in [1.165, 1.54) is 0 Å². The molecule has 1 atom stereocenters. The molecule has 0 heterocycles. The molecule has 0 saturated heterocycles. The number of carbonyl (C=O) groups is 1. The number of amides is 1. The van der Waals surface area contributed by atoms with Crippen molar-refractivity contribution in [2.75, 3.05) is 18.9 Å². The topological polar surface area (TPSA) is 67.2 Å². The Kier molecular flexibility index (Phi) is 5.74. The molecule has 17 heavy (non-hydrogen) atoms. The molecule has 0 aliphatic heterocycles. The number of benzene rings is 1. The van der Waals surface area contributed by atoms with E-state index in [0.29, 0.717) is 18.0 Å². The Hall–Kier alpha value is -0.780. The van der Waals surface area contributed by atoms with E-state index in [2.05, 4.69) is 26.6 Å². The summed E-state index contributed by atoms with van der Waals surface area (Å²) in [5.41, 5.74) is 6.49. The molecule has 0 aliphatic carbocycles. The molecule has 0 saturated carbocycles. The molecule has 1 aromatic carbocycles. The van der Waals surface area contributed by atoms with E-state index in [4.69, 9.17) is 17.3 Å². The van der Waals surface area contributed by atoms with Gasteiger partial charge in [-0.15, -0.1) is 0 Å². The van der Waals surface area contributed by atoms with Crippen LogP contribution in [0.1, 0.15) is 6.42 Å². The highest BCUT2D eigenvalue weighted by molar-refractivity contribution is 9.10. The van der Waals surface area contributed by atoms with Gasteiger partial charge in [0.2, 0.25) is 5.91 Å². The van der Waals surface area contributed by atoms with Crippen LogP contribution in [0.5, 0.6) is 0 Å². The van der Waals surface area contributed by atoms with Gasteiger partial charge >= 0.3 is 0 Å². The minimum Gasteiger partial charge on any atom is -0.380 e. The second-order valence-electron chi connectivity index (χ2n) is 3.58. The highest BCUT2D eigenvalue weighted by Gasteiger charge is 2.11. The molecule has 6 heteroatoms. The molecule has 94 valence electrons. The molecule has 1 aromatic rings. The van der Waals surface area contributed by atoms with Crippen molar-refractivity contribution < 1.29 is 4.79 Å².